The van der Waals surface area contributed by atoms with Crippen molar-refractivity contribution in [1.82, 2.24) is 10.6 Å². The summed E-state index contributed by atoms with van der Waals surface area (Å²) in [7, 11) is -4.00. The molecule has 3 aromatic carbocycles. The van der Waals surface area contributed by atoms with Gasteiger partial charge in [-0.05, 0) is 47.9 Å². The first-order valence-corrected chi connectivity index (χ1v) is 11.8. The average molecular weight is 448 g/mol. The van der Waals surface area contributed by atoms with Gasteiger partial charge in [0.2, 0.25) is 9.84 Å². The molecule has 1 saturated heterocycles. The van der Waals surface area contributed by atoms with E-state index in [9.17, 15) is 18.0 Å². The van der Waals surface area contributed by atoms with E-state index in [1.165, 1.54) is 6.07 Å². The van der Waals surface area contributed by atoms with Crippen LogP contribution < -0.4 is 15.5 Å². The Kier molecular flexibility index (Phi) is 4.74. The number of rotatable bonds is 4. The van der Waals surface area contributed by atoms with Gasteiger partial charge in [0, 0.05) is 17.8 Å². The summed E-state index contributed by atoms with van der Waals surface area (Å²) in [6.45, 7) is 0.405. The number of nitrogens with one attached hydrogen (secondary N) is 2. The topological polar surface area (TPSA) is 95.6 Å². The van der Waals surface area contributed by atoms with E-state index in [4.69, 9.17) is 0 Å². The highest BCUT2D eigenvalue weighted by atomic mass is 32.2. The molecule has 0 bridgehead atoms. The van der Waals surface area contributed by atoms with Gasteiger partial charge in [-0.25, -0.2) is 13.2 Å². The highest BCUT2D eigenvalue weighted by Gasteiger charge is 2.51. The van der Waals surface area contributed by atoms with Crippen molar-refractivity contribution in [3.05, 3.63) is 95.6 Å². The van der Waals surface area contributed by atoms with Gasteiger partial charge in [0.1, 0.15) is 0 Å². The first-order valence-electron chi connectivity index (χ1n) is 10.3. The van der Waals surface area contributed by atoms with Gasteiger partial charge >= 0.3 is 6.03 Å². The quantitative estimate of drug-likeness (QED) is 0.643. The molecule has 2 aliphatic heterocycles. The second-order valence-electron chi connectivity index (χ2n) is 7.87. The summed E-state index contributed by atoms with van der Waals surface area (Å²) in [4.78, 5) is 25.1. The van der Waals surface area contributed by atoms with Gasteiger partial charge in [-0.3, -0.25) is 4.79 Å². The summed E-state index contributed by atoms with van der Waals surface area (Å²) in [6.07, 6.45) is 0.556. The number of hydrogen-bond acceptors (Lipinski definition) is 4. The summed E-state index contributed by atoms with van der Waals surface area (Å²) in [5.74, 6) is -0.118. The van der Waals surface area contributed by atoms with Crippen molar-refractivity contribution in [1.29, 1.82) is 0 Å². The van der Waals surface area contributed by atoms with Crippen molar-refractivity contribution in [2.24, 2.45) is 0 Å². The molecule has 32 heavy (non-hydrogen) atoms. The third-order valence-electron chi connectivity index (χ3n) is 6.03. The number of sulfone groups is 1. The molecule has 2 N–H and O–H groups in total. The molecule has 162 valence electrons. The SMILES string of the molecule is O=C1NCC(c2ccccc2)(S(=O)(=O)c2ccc3c(c2)CCN3C(=O)c2ccccc2)N1. The molecule has 5 rings (SSSR count). The monoisotopic (exact) mass is 447 g/mol. The number of benzene rings is 3. The molecule has 0 radical (unpaired) electrons. The predicted molar refractivity (Wildman–Crippen MR) is 120 cm³/mol. The summed E-state index contributed by atoms with van der Waals surface area (Å²) in [5, 5.41) is 5.23. The van der Waals surface area contributed by atoms with Crippen LogP contribution in [-0.4, -0.2) is 33.4 Å². The number of hydrogen-bond donors (Lipinski definition) is 2. The van der Waals surface area contributed by atoms with E-state index < -0.39 is 20.7 Å². The van der Waals surface area contributed by atoms with Crippen LogP contribution in [0, 0.1) is 0 Å². The fourth-order valence-corrected chi connectivity index (χ4v) is 6.25. The standard InChI is InChI=1S/C24H21N3O4S/c28-22(17-7-3-1-4-8-17)27-14-13-18-15-20(11-12-21(18)27)32(30,31)24(16-25-23(29)26-24)19-9-5-2-6-10-19/h1-12,15H,13-14,16H2,(H2,25,26,29). The van der Waals surface area contributed by atoms with E-state index in [-0.39, 0.29) is 17.3 Å². The van der Waals surface area contributed by atoms with E-state index in [0.29, 0.717) is 29.8 Å². The van der Waals surface area contributed by atoms with Crippen LogP contribution in [0.2, 0.25) is 0 Å². The first-order chi connectivity index (χ1) is 15.4. The van der Waals surface area contributed by atoms with Gasteiger partial charge in [-0.2, -0.15) is 0 Å². The number of fused-ring (bicyclic) bond motifs is 1. The smallest absolute Gasteiger partial charge is 0.316 e. The number of amides is 3. The highest BCUT2D eigenvalue weighted by molar-refractivity contribution is 7.92. The molecule has 1 fully saturated rings. The van der Waals surface area contributed by atoms with Crippen molar-refractivity contribution >= 4 is 27.5 Å². The lowest BCUT2D eigenvalue weighted by Gasteiger charge is -2.28. The van der Waals surface area contributed by atoms with E-state index in [2.05, 4.69) is 10.6 Å². The first kappa shape index (κ1) is 20.3. The Balaban J connectivity index is 1.54. The zero-order chi connectivity index (χ0) is 22.3. The maximum atomic E-state index is 13.8. The Morgan fingerprint density at radius 1 is 0.938 bits per heavy atom. The fraction of sp³-hybridized carbons (Fsp3) is 0.167. The maximum Gasteiger partial charge on any atom is 0.316 e. The maximum absolute atomic E-state index is 13.8. The van der Waals surface area contributed by atoms with Crippen LogP contribution in [0.15, 0.2) is 83.8 Å². The van der Waals surface area contributed by atoms with Gasteiger partial charge < -0.3 is 15.5 Å². The minimum absolute atomic E-state index is 0.0755. The van der Waals surface area contributed by atoms with Crippen LogP contribution in [0.5, 0.6) is 0 Å². The van der Waals surface area contributed by atoms with Crippen molar-refractivity contribution in [3.63, 3.8) is 0 Å². The molecular weight excluding hydrogens is 426 g/mol. The van der Waals surface area contributed by atoms with Crippen LogP contribution in [0.25, 0.3) is 0 Å². The molecule has 0 spiro atoms. The van der Waals surface area contributed by atoms with Crippen LogP contribution >= 0.6 is 0 Å². The molecule has 1 unspecified atom stereocenters. The molecule has 7 nitrogen and oxygen atoms in total. The number of nitrogens with zero attached hydrogens (tertiary/aromatic N) is 1. The summed E-state index contributed by atoms with van der Waals surface area (Å²) in [6, 6.07) is 22.0. The minimum atomic E-state index is -4.00. The molecule has 3 amide bonds. The summed E-state index contributed by atoms with van der Waals surface area (Å²) < 4.78 is 27.6. The lowest BCUT2D eigenvalue weighted by Crippen LogP contribution is -2.47. The van der Waals surface area contributed by atoms with Crippen molar-refractivity contribution in [2.75, 3.05) is 18.0 Å². The van der Waals surface area contributed by atoms with E-state index >= 15 is 0 Å². The summed E-state index contributed by atoms with van der Waals surface area (Å²) in [5.41, 5.74) is 2.57. The largest absolute Gasteiger partial charge is 0.334 e. The van der Waals surface area contributed by atoms with Gasteiger partial charge in [0.25, 0.3) is 5.91 Å². The number of urea groups is 1. The Labute approximate surface area is 186 Å². The van der Waals surface area contributed by atoms with Crippen LogP contribution in [-0.2, 0) is 21.1 Å². The molecule has 0 aromatic heterocycles. The second-order valence-corrected chi connectivity index (χ2v) is 10.0. The minimum Gasteiger partial charge on any atom is -0.334 e. The highest BCUT2D eigenvalue weighted by Crippen LogP contribution is 2.38. The van der Waals surface area contributed by atoms with E-state index in [1.54, 1.807) is 59.5 Å². The lowest BCUT2D eigenvalue weighted by molar-refractivity contribution is 0.0989. The average Bonchev–Trinajstić information content (AvgIpc) is 3.44. The van der Waals surface area contributed by atoms with Gasteiger partial charge in [0.15, 0.2) is 4.87 Å². The van der Waals surface area contributed by atoms with Gasteiger partial charge in [-0.1, -0.05) is 48.5 Å². The molecule has 1 atom stereocenters. The van der Waals surface area contributed by atoms with Crippen molar-refractivity contribution in [3.8, 4) is 0 Å². The van der Waals surface area contributed by atoms with Crippen molar-refractivity contribution in [2.45, 2.75) is 16.2 Å². The molecule has 0 aliphatic carbocycles. The lowest BCUT2D eigenvalue weighted by atomic mass is 10.1. The molecule has 0 saturated carbocycles. The third kappa shape index (κ3) is 3.06. The van der Waals surface area contributed by atoms with E-state index in [0.717, 1.165) is 5.56 Å². The second kappa shape index (κ2) is 7.49. The Bertz CT molecular complexity index is 1310. The molecule has 2 heterocycles. The van der Waals surface area contributed by atoms with E-state index in [1.807, 2.05) is 18.2 Å². The molecule has 8 heteroatoms. The number of anilines is 1. The molecule has 2 aliphatic rings. The van der Waals surface area contributed by atoms with Crippen LogP contribution in [0.4, 0.5) is 10.5 Å². The third-order valence-corrected chi connectivity index (χ3v) is 8.31. The zero-order valence-corrected chi connectivity index (χ0v) is 17.9. The molecular formula is C24H21N3O4S. The summed E-state index contributed by atoms with van der Waals surface area (Å²) >= 11 is 0. The fourth-order valence-electron chi connectivity index (χ4n) is 4.37. The van der Waals surface area contributed by atoms with Crippen LogP contribution in [0.1, 0.15) is 21.5 Å². The Morgan fingerprint density at radius 3 is 2.28 bits per heavy atom. The van der Waals surface area contributed by atoms with Crippen LogP contribution in [0.3, 0.4) is 0 Å². The van der Waals surface area contributed by atoms with Gasteiger partial charge in [0.05, 0.1) is 11.4 Å². The predicted octanol–water partition coefficient (Wildman–Crippen LogP) is 2.83. The number of carbonyl (C=O) groups excluding carboxylic acids is 2. The Morgan fingerprint density at radius 2 is 1.62 bits per heavy atom. The normalized spacial score (nSPS) is 19.9. The Hall–Kier alpha value is -3.65. The zero-order valence-electron chi connectivity index (χ0n) is 17.1. The van der Waals surface area contributed by atoms with Gasteiger partial charge in [-0.15, -0.1) is 0 Å². The van der Waals surface area contributed by atoms with Crippen molar-refractivity contribution < 1.29 is 18.0 Å². The number of carbonyl (C=O) groups is 2. The molecule has 3 aromatic rings.